The Kier molecular flexibility index (Phi) is 7.18. The first-order chi connectivity index (χ1) is 12.5. The molecule has 2 aromatic carbocycles. The SMILES string of the molecule is CCOc1cc(C#N)cc(Br)c1OC(=O)CCNC(=O)c1ccccc1. The molecule has 0 fully saturated rings. The van der Waals surface area contributed by atoms with Crippen molar-refractivity contribution in [3.63, 3.8) is 0 Å². The maximum absolute atomic E-state index is 12.1. The molecule has 0 unspecified atom stereocenters. The van der Waals surface area contributed by atoms with Gasteiger partial charge in [0.25, 0.3) is 5.91 Å². The Morgan fingerprint density at radius 2 is 1.96 bits per heavy atom. The third kappa shape index (κ3) is 5.33. The van der Waals surface area contributed by atoms with Crippen LogP contribution in [0.25, 0.3) is 0 Å². The van der Waals surface area contributed by atoms with E-state index in [2.05, 4.69) is 21.2 Å². The zero-order chi connectivity index (χ0) is 18.9. The lowest BCUT2D eigenvalue weighted by Crippen LogP contribution is -2.27. The molecule has 0 aromatic heterocycles. The Balaban J connectivity index is 1.95. The summed E-state index contributed by atoms with van der Waals surface area (Å²) >= 11 is 3.28. The van der Waals surface area contributed by atoms with Gasteiger partial charge in [0.1, 0.15) is 0 Å². The van der Waals surface area contributed by atoms with Crippen LogP contribution in [-0.4, -0.2) is 25.0 Å². The number of nitrogens with one attached hydrogen (secondary N) is 1. The van der Waals surface area contributed by atoms with Gasteiger partial charge < -0.3 is 14.8 Å². The highest BCUT2D eigenvalue weighted by Gasteiger charge is 2.16. The third-order valence-corrected chi connectivity index (χ3v) is 3.89. The third-order valence-electron chi connectivity index (χ3n) is 3.31. The Hall–Kier alpha value is -2.85. The summed E-state index contributed by atoms with van der Waals surface area (Å²) in [4.78, 5) is 24.0. The van der Waals surface area contributed by atoms with Crippen molar-refractivity contribution < 1.29 is 19.1 Å². The Bertz CT molecular complexity index is 831. The summed E-state index contributed by atoms with van der Waals surface area (Å²) < 4.78 is 11.2. The molecule has 6 nitrogen and oxygen atoms in total. The predicted octanol–water partition coefficient (Wildman–Crippen LogP) is 3.44. The first-order valence-corrected chi connectivity index (χ1v) is 8.74. The van der Waals surface area contributed by atoms with Crippen molar-refractivity contribution in [1.29, 1.82) is 5.26 Å². The molecule has 134 valence electrons. The van der Waals surface area contributed by atoms with E-state index in [1.807, 2.05) is 12.1 Å². The predicted molar refractivity (Wildman–Crippen MR) is 99.1 cm³/mol. The normalized spacial score (nSPS) is 9.88. The van der Waals surface area contributed by atoms with Crippen LogP contribution in [-0.2, 0) is 4.79 Å². The second-order valence-corrected chi connectivity index (χ2v) is 6.03. The van der Waals surface area contributed by atoms with Gasteiger partial charge in [-0.3, -0.25) is 9.59 Å². The number of esters is 1. The molecule has 2 rings (SSSR count). The topological polar surface area (TPSA) is 88.4 Å². The number of nitriles is 1. The lowest BCUT2D eigenvalue weighted by molar-refractivity contribution is -0.134. The van der Waals surface area contributed by atoms with Crippen LogP contribution in [0.1, 0.15) is 29.3 Å². The summed E-state index contributed by atoms with van der Waals surface area (Å²) in [6.45, 7) is 2.29. The minimum atomic E-state index is -0.523. The number of nitrogens with zero attached hydrogens (tertiary/aromatic N) is 1. The molecule has 0 aliphatic carbocycles. The Morgan fingerprint density at radius 1 is 1.23 bits per heavy atom. The van der Waals surface area contributed by atoms with E-state index in [1.54, 1.807) is 37.3 Å². The van der Waals surface area contributed by atoms with Gasteiger partial charge in [0.2, 0.25) is 0 Å². The van der Waals surface area contributed by atoms with Crippen molar-refractivity contribution in [2.45, 2.75) is 13.3 Å². The van der Waals surface area contributed by atoms with Gasteiger partial charge in [0.05, 0.1) is 29.1 Å². The first kappa shape index (κ1) is 19.5. The molecule has 2 aromatic rings. The molecule has 0 saturated heterocycles. The lowest BCUT2D eigenvalue weighted by Gasteiger charge is -2.13. The summed E-state index contributed by atoms with van der Waals surface area (Å²) in [5.74, 6) is -0.261. The number of amides is 1. The fourth-order valence-corrected chi connectivity index (χ4v) is 2.65. The quantitative estimate of drug-likeness (QED) is 0.551. The van der Waals surface area contributed by atoms with Crippen molar-refractivity contribution in [3.05, 3.63) is 58.1 Å². The molecule has 1 N–H and O–H groups in total. The Morgan fingerprint density at radius 3 is 2.62 bits per heavy atom. The zero-order valence-corrected chi connectivity index (χ0v) is 15.7. The van der Waals surface area contributed by atoms with Gasteiger partial charge in [-0.05, 0) is 41.1 Å². The summed E-state index contributed by atoms with van der Waals surface area (Å²) in [5, 5.41) is 11.7. The second-order valence-electron chi connectivity index (χ2n) is 5.18. The second kappa shape index (κ2) is 9.59. The van der Waals surface area contributed by atoms with Gasteiger partial charge in [-0.2, -0.15) is 5.26 Å². The fourth-order valence-electron chi connectivity index (χ4n) is 2.13. The van der Waals surface area contributed by atoms with Crippen LogP contribution in [0.4, 0.5) is 0 Å². The molecular formula is C19H17BrN2O4. The van der Waals surface area contributed by atoms with Gasteiger partial charge in [-0.1, -0.05) is 18.2 Å². The molecule has 0 radical (unpaired) electrons. The number of carbonyl (C=O) groups is 2. The molecule has 0 heterocycles. The van der Waals surface area contributed by atoms with Crippen LogP contribution in [0.15, 0.2) is 46.9 Å². The average Bonchev–Trinajstić information content (AvgIpc) is 2.65. The minimum absolute atomic E-state index is 0.00339. The van der Waals surface area contributed by atoms with Crippen LogP contribution in [0, 0.1) is 11.3 Å². The van der Waals surface area contributed by atoms with Crippen LogP contribution < -0.4 is 14.8 Å². The van der Waals surface area contributed by atoms with Crippen molar-refractivity contribution in [2.75, 3.05) is 13.2 Å². The molecule has 26 heavy (non-hydrogen) atoms. The van der Waals surface area contributed by atoms with Gasteiger partial charge in [-0.15, -0.1) is 0 Å². The van der Waals surface area contributed by atoms with Crippen LogP contribution >= 0.6 is 15.9 Å². The maximum atomic E-state index is 12.1. The highest BCUT2D eigenvalue weighted by Crippen LogP contribution is 2.37. The van der Waals surface area contributed by atoms with Crippen LogP contribution in [0.2, 0.25) is 0 Å². The number of halogens is 1. The molecule has 0 spiro atoms. The van der Waals surface area contributed by atoms with Crippen molar-refractivity contribution >= 4 is 27.8 Å². The highest BCUT2D eigenvalue weighted by molar-refractivity contribution is 9.10. The molecular weight excluding hydrogens is 400 g/mol. The molecule has 1 amide bonds. The Labute approximate surface area is 159 Å². The van der Waals surface area contributed by atoms with E-state index in [0.717, 1.165) is 0 Å². The van der Waals surface area contributed by atoms with E-state index in [1.165, 1.54) is 6.07 Å². The van der Waals surface area contributed by atoms with Gasteiger partial charge in [0, 0.05) is 18.2 Å². The fraction of sp³-hybridized carbons (Fsp3) is 0.211. The highest BCUT2D eigenvalue weighted by atomic mass is 79.9. The summed E-state index contributed by atoms with van der Waals surface area (Å²) in [5.41, 5.74) is 0.907. The van der Waals surface area contributed by atoms with E-state index in [0.29, 0.717) is 28.0 Å². The monoisotopic (exact) mass is 416 g/mol. The van der Waals surface area contributed by atoms with E-state index in [-0.39, 0.29) is 24.6 Å². The first-order valence-electron chi connectivity index (χ1n) is 7.95. The number of ether oxygens (including phenoxy) is 2. The molecule has 7 heteroatoms. The maximum Gasteiger partial charge on any atom is 0.313 e. The van der Waals surface area contributed by atoms with E-state index >= 15 is 0 Å². The zero-order valence-electron chi connectivity index (χ0n) is 14.1. The van der Waals surface area contributed by atoms with E-state index < -0.39 is 5.97 Å². The lowest BCUT2D eigenvalue weighted by atomic mass is 10.2. The average molecular weight is 417 g/mol. The largest absolute Gasteiger partial charge is 0.490 e. The van der Waals surface area contributed by atoms with Gasteiger partial charge in [-0.25, -0.2) is 0 Å². The van der Waals surface area contributed by atoms with Crippen molar-refractivity contribution in [3.8, 4) is 17.6 Å². The number of hydrogen-bond acceptors (Lipinski definition) is 5. The minimum Gasteiger partial charge on any atom is -0.490 e. The number of carbonyl (C=O) groups excluding carboxylic acids is 2. The number of hydrogen-bond donors (Lipinski definition) is 1. The summed E-state index contributed by atoms with van der Waals surface area (Å²) in [6.07, 6.45) is -0.00339. The standard InChI is InChI=1S/C19H17BrN2O4/c1-2-25-16-11-13(12-21)10-15(20)18(16)26-17(23)8-9-22-19(24)14-6-4-3-5-7-14/h3-7,10-11H,2,8-9H2,1H3,(H,22,24). The summed E-state index contributed by atoms with van der Waals surface area (Å²) in [7, 11) is 0. The van der Waals surface area contributed by atoms with Crippen molar-refractivity contribution in [1.82, 2.24) is 5.32 Å². The van der Waals surface area contributed by atoms with Gasteiger partial charge in [0.15, 0.2) is 11.5 Å². The van der Waals surface area contributed by atoms with Crippen molar-refractivity contribution in [2.24, 2.45) is 0 Å². The smallest absolute Gasteiger partial charge is 0.313 e. The molecule has 0 bridgehead atoms. The number of rotatable bonds is 7. The van der Waals surface area contributed by atoms with E-state index in [4.69, 9.17) is 14.7 Å². The summed E-state index contributed by atoms with van der Waals surface area (Å²) in [6, 6.07) is 13.8. The van der Waals surface area contributed by atoms with E-state index in [9.17, 15) is 9.59 Å². The molecule has 0 atom stereocenters. The van der Waals surface area contributed by atoms with Crippen LogP contribution in [0.3, 0.4) is 0 Å². The molecule has 0 aliphatic heterocycles. The van der Waals surface area contributed by atoms with Crippen LogP contribution in [0.5, 0.6) is 11.5 Å². The molecule has 0 aliphatic rings. The molecule has 0 saturated carbocycles. The number of benzene rings is 2. The van der Waals surface area contributed by atoms with Gasteiger partial charge >= 0.3 is 5.97 Å².